The summed E-state index contributed by atoms with van der Waals surface area (Å²) in [6.07, 6.45) is -1.91. The minimum absolute atomic E-state index is 0.145. The summed E-state index contributed by atoms with van der Waals surface area (Å²) in [7, 11) is -7.28. The van der Waals surface area contributed by atoms with Gasteiger partial charge in [-0.1, -0.05) is 0 Å². The molecule has 1 aromatic rings. The number of nitrogens with one attached hydrogen (secondary N) is 1. The monoisotopic (exact) mass is 606 g/mol. The number of nitriles is 1. The molecule has 3 rings (SSSR count). The van der Waals surface area contributed by atoms with E-state index in [1.165, 1.54) is 19.4 Å². The Kier molecular flexibility index (Phi) is 10.3. The van der Waals surface area contributed by atoms with E-state index in [0.29, 0.717) is 6.42 Å². The molecule has 1 aliphatic heterocycles. The van der Waals surface area contributed by atoms with Gasteiger partial charge in [-0.25, -0.2) is 0 Å². The predicted molar refractivity (Wildman–Crippen MR) is 151 cm³/mol. The summed E-state index contributed by atoms with van der Waals surface area (Å²) < 4.78 is 40.1. The molecule has 0 radical (unpaired) electrons. The number of ether oxygens (including phenoxy) is 2. The molecule has 1 aliphatic carbocycles. The van der Waals surface area contributed by atoms with Crippen LogP contribution in [0.1, 0.15) is 60.6 Å². The van der Waals surface area contributed by atoms with Gasteiger partial charge in [0.2, 0.25) is 0 Å². The van der Waals surface area contributed by atoms with Crippen molar-refractivity contribution in [2.45, 2.75) is 96.2 Å². The van der Waals surface area contributed by atoms with Crippen molar-refractivity contribution in [2.24, 2.45) is 5.92 Å². The number of methoxy groups -OCH3 is 1. The van der Waals surface area contributed by atoms with Gasteiger partial charge in [0.15, 0.2) is 0 Å². The van der Waals surface area contributed by atoms with Crippen LogP contribution in [0.3, 0.4) is 0 Å². The molecular weight excluding hydrogens is 562 g/mol. The zero-order chi connectivity index (χ0) is 30.1. The Morgan fingerprint density at radius 1 is 1.23 bits per heavy atom. The summed E-state index contributed by atoms with van der Waals surface area (Å²) in [5, 5.41) is 9.53. The van der Waals surface area contributed by atoms with Gasteiger partial charge in [-0.15, -0.1) is 0 Å². The number of hydrogen-bond donors (Lipinski definition) is 3. The molecule has 0 bridgehead atoms. The standard InChI is InChI=1S/C25H44N4O9P2/c1-8-36-39(32,37-9-2)19-15-18(19)21-23(40(33,34,14-10-12-26)29(16(3)4)17(5)6)22(35-7)24(38-21)28-13-11-20(30)27-25(28)31/h11,13,16-19,21-24,33-34H,8-10,14-15H2,1-7H3,(H,27,30,31)/t18?,19?,21-,22+,23-,24-/m1/s1. The second-order valence-electron chi connectivity index (χ2n) is 11.0. The summed E-state index contributed by atoms with van der Waals surface area (Å²) in [4.78, 5) is 52.4. The van der Waals surface area contributed by atoms with E-state index in [4.69, 9.17) is 18.5 Å². The SMILES string of the molecule is CCOP(=O)(OCC)C1CC1[C@H]1O[C@@H](n2ccc(=O)[nH]c2=O)[C@@H](OC)[C@@H]1P(O)(O)(CCC#N)N(C(C)C)C(C)C. The molecule has 0 aromatic carbocycles. The van der Waals surface area contributed by atoms with Gasteiger partial charge in [0.05, 0.1) is 0 Å². The first-order valence-corrected chi connectivity index (χ1v) is 17.7. The molecule has 2 unspecified atom stereocenters. The molecule has 2 fully saturated rings. The number of nitrogens with zero attached hydrogens (tertiary/aromatic N) is 3. The fourth-order valence-corrected chi connectivity index (χ4v) is 14.0. The molecule has 0 amide bonds. The third-order valence-electron chi connectivity index (χ3n) is 7.72. The molecular formula is C25H44N4O9P2. The molecule has 40 heavy (non-hydrogen) atoms. The number of H-pyrrole nitrogens is 1. The first kappa shape index (κ1) is 33.1. The van der Waals surface area contributed by atoms with Gasteiger partial charge in [0.25, 0.3) is 0 Å². The third kappa shape index (κ3) is 6.03. The van der Waals surface area contributed by atoms with E-state index in [9.17, 15) is 29.2 Å². The van der Waals surface area contributed by atoms with Crippen molar-refractivity contribution in [2.75, 3.05) is 26.5 Å². The Bertz CT molecular complexity index is 1230. The molecule has 1 saturated carbocycles. The van der Waals surface area contributed by atoms with E-state index >= 15 is 0 Å². The van der Waals surface area contributed by atoms with Crippen LogP contribution in [-0.4, -0.2) is 86.1 Å². The van der Waals surface area contributed by atoms with Crippen LogP contribution in [0.2, 0.25) is 0 Å². The summed E-state index contributed by atoms with van der Waals surface area (Å²) >= 11 is 0. The summed E-state index contributed by atoms with van der Waals surface area (Å²) in [5.41, 5.74) is -3.03. The van der Waals surface area contributed by atoms with Crippen LogP contribution in [0.4, 0.5) is 0 Å². The zero-order valence-electron chi connectivity index (χ0n) is 24.3. The van der Waals surface area contributed by atoms with E-state index in [2.05, 4.69) is 4.98 Å². The van der Waals surface area contributed by atoms with Crippen molar-refractivity contribution in [3.63, 3.8) is 0 Å². The normalized spacial score (nSPS) is 28.1. The van der Waals surface area contributed by atoms with Crippen LogP contribution in [-0.2, 0) is 23.1 Å². The number of aromatic amines is 1. The fraction of sp³-hybridized carbons (Fsp3) is 0.800. The molecule has 1 saturated heterocycles. The first-order chi connectivity index (χ1) is 18.7. The molecule has 2 heterocycles. The van der Waals surface area contributed by atoms with Gasteiger partial charge in [-0.2, -0.15) is 0 Å². The van der Waals surface area contributed by atoms with Gasteiger partial charge in [-0.3, -0.25) is 0 Å². The van der Waals surface area contributed by atoms with E-state index in [0.717, 1.165) is 4.57 Å². The van der Waals surface area contributed by atoms with Crippen molar-refractivity contribution >= 4 is 14.8 Å². The van der Waals surface area contributed by atoms with Gasteiger partial charge >= 0.3 is 235 Å². The topological polar surface area (TPSA) is 176 Å². The number of rotatable bonds is 14. The van der Waals surface area contributed by atoms with Crippen molar-refractivity contribution in [3.05, 3.63) is 33.1 Å². The fourth-order valence-electron chi connectivity index (χ4n) is 6.53. The molecule has 6 atom stereocenters. The van der Waals surface area contributed by atoms with Gasteiger partial charge in [0.1, 0.15) is 0 Å². The van der Waals surface area contributed by atoms with Crippen molar-refractivity contribution in [3.8, 4) is 6.07 Å². The Morgan fingerprint density at radius 3 is 2.30 bits per heavy atom. The molecule has 15 heteroatoms. The van der Waals surface area contributed by atoms with Crippen LogP contribution in [0.5, 0.6) is 0 Å². The Labute approximate surface area is 235 Å². The molecule has 13 nitrogen and oxygen atoms in total. The molecule has 3 N–H and O–H groups in total. The van der Waals surface area contributed by atoms with E-state index in [1.54, 1.807) is 18.5 Å². The first-order valence-electron chi connectivity index (χ1n) is 13.7. The van der Waals surface area contributed by atoms with Crippen LogP contribution >= 0.6 is 14.8 Å². The second-order valence-corrected chi connectivity index (χ2v) is 17.2. The zero-order valence-corrected chi connectivity index (χ0v) is 26.1. The second kappa shape index (κ2) is 12.4. The van der Waals surface area contributed by atoms with E-state index in [-0.39, 0.29) is 37.9 Å². The minimum atomic E-state index is -5.11. The summed E-state index contributed by atoms with van der Waals surface area (Å²) in [5.74, 6) is -0.473. The van der Waals surface area contributed by atoms with E-state index < -0.39 is 61.7 Å². The van der Waals surface area contributed by atoms with E-state index in [1.807, 2.05) is 33.8 Å². The van der Waals surface area contributed by atoms with Crippen molar-refractivity contribution in [1.29, 1.82) is 5.26 Å². The Morgan fingerprint density at radius 2 is 1.82 bits per heavy atom. The van der Waals surface area contributed by atoms with Crippen LogP contribution < -0.4 is 11.2 Å². The van der Waals surface area contributed by atoms with Crippen LogP contribution in [0.25, 0.3) is 0 Å². The molecule has 2 aliphatic rings. The maximum absolute atomic E-state index is 13.7. The van der Waals surface area contributed by atoms with Crippen LogP contribution in [0, 0.1) is 17.2 Å². The number of aromatic nitrogens is 2. The molecule has 1 aromatic heterocycles. The molecule has 228 valence electrons. The van der Waals surface area contributed by atoms with Crippen molar-refractivity contribution < 1.29 is 32.9 Å². The van der Waals surface area contributed by atoms with Gasteiger partial charge in [0, 0.05) is 0 Å². The summed E-state index contributed by atoms with van der Waals surface area (Å²) in [6, 6.07) is 2.53. The summed E-state index contributed by atoms with van der Waals surface area (Å²) in [6.45, 7) is 11.1. The third-order valence-corrected chi connectivity index (χ3v) is 15.2. The quantitative estimate of drug-likeness (QED) is 0.266. The van der Waals surface area contributed by atoms with Gasteiger partial charge in [-0.05, 0) is 0 Å². The van der Waals surface area contributed by atoms with Crippen molar-refractivity contribution in [1.82, 2.24) is 14.2 Å². The molecule has 0 spiro atoms. The maximum atomic E-state index is 13.7. The van der Waals surface area contributed by atoms with Gasteiger partial charge < -0.3 is 0 Å². The Hall–Kier alpha value is -1.45. The predicted octanol–water partition coefficient (Wildman–Crippen LogP) is 2.79. The Balaban J connectivity index is 2.24. The average molecular weight is 607 g/mol. The van der Waals surface area contributed by atoms with Crippen LogP contribution in [0.15, 0.2) is 21.9 Å². The average Bonchev–Trinajstić information content (AvgIpc) is 3.56. The number of hydrogen-bond acceptors (Lipinski definition) is 11.